The number of ether oxygens (including phenoxy) is 2. The van der Waals surface area contributed by atoms with Crippen LogP contribution in [0.3, 0.4) is 0 Å². The molecular formula is C12H16N2O4. The number of aromatic nitrogens is 2. The SMILES string of the molecule is CCOC(OCC)c1nc(-c2occc2C)no1. The fourth-order valence-electron chi connectivity index (χ4n) is 1.52. The molecule has 6 heteroatoms. The van der Waals surface area contributed by atoms with E-state index in [-0.39, 0.29) is 0 Å². The molecular weight excluding hydrogens is 236 g/mol. The zero-order chi connectivity index (χ0) is 13.0. The molecule has 0 amide bonds. The summed E-state index contributed by atoms with van der Waals surface area (Å²) in [5, 5.41) is 3.87. The maximum absolute atomic E-state index is 5.38. The minimum Gasteiger partial charge on any atom is -0.461 e. The summed E-state index contributed by atoms with van der Waals surface area (Å²) in [5.74, 6) is 1.29. The average Bonchev–Trinajstić information content (AvgIpc) is 2.97. The Morgan fingerprint density at radius 3 is 2.56 bits per heavy atom. The summed E-state index contributed by atoms with van der Waals surface area (Å²) in [6.45, 7) is 6.67. The van der Waals surface area contributed by atoms with E-state index in [0.29, 0.717) is 30.7 Å². The van der Waals surface area contributed by atoms with Crippen LogP contribution in [0.25, 0.3) is 11.6 Å². The van der Waals surface area contributed by atoms with Crippen LogP contribution >= 0.6 is 0 Å². The number of furan rings is 1. The number of hydrogen-bond acceptors (Lipinski definition) is 6. The van der Waals surface area contributed by atoms with Gasteiger partial charge in [0.05, 0.1) is 6.26 Å². The summed E-state index contributed by atoms with van der Waals surface area (Å²) in [6, 6.07) is 1.84. The molecule has 0 N–H and O–H groups in total. The molecule has 2 rings (SSSR count). The third-order valence-electron chi connectivity index (χ3n) is 2.34. The molecule has 0 bridgehead atoms. The normalized spacial score (nSPS) is 11.3. The van der Waals surface area contributed by atoms with E-state index in [2.05, 4.69) is 10.1 Å². The van der Waals surface area contributed by atoms with E-state index in [1.165, 1.54) is 0 Å². The van der Waals surface area contributed by atoms with Gasteiger partial charge in [-0.05, 0) is 32.4 Å². The zero-order valence-electron chi connectivity index (χ0n) is 10.7. The van der Waals surface area contributed by atoms with Gasteiger partial charge in [0, 0.05) is 13.2 Å². The third-order valence-corrected chi connectivity index (χ3v) is 2.34. The Morgan fingerprint density at radius 1 is 1.28 bits per heavy atom. The van der Waals surface area contributed by atoms with Crippen molar-refractivity contribution in [1.82, 2.24) is 10.1 Å². The molecule has 98 valence electrons. The summed E-state index contributed by atoms with van der Waals surface area (Å²) in [7, 11) is 0. The highest BCUT2D eigenvalue weighted by Crippen LogP contribution is 2.24. The van der Waals surface area contributed by atoms with E-state index in [9.17, 15) is 0 Å². The fraction of sp³-hybridized carbons (Fsp3) is 0.500. The lowest BCUT2D eigenvalue weighted by molar-refractivity contribution is -0.155. The summed E-state index contributed by atoms with van der Waals surface area (Å²) >= 11 is 0. The summed E-state index contributed by atoms with van der Waals surface area (Å²) in [5.41, 5.74) is 0.951. The highest BCUT2D eigenvalue weighted by molar-refractivity contribution is 5.50. The Bertz CT molecular complexity index is 486. The highest BCUT2D eigenvalue weighted by Gasteiger charge is 2.21. The molecule has 0 saturated heterocycles. The van der Waals surface area contributed by atoms with Crippen molar-refractivity contribution >= 4 is 0 Å². The van der Waals surface area contributed by atoms with Crippen LogP contribution in [0, 0.1) is 6.92 Å². The molecule has 0 saturated carbocycles. The predicted molar refractivity (Wildman–Crippen MR) is 62.7 cm³/mol. The maximum Gasteiger partial charge on any atom is 0.284 e. The summed E-state index contributed by atoms with van der Waals surface area (Å²) < 4.78 is 21.2. The third kappa shape index (κ3) is 2.60. The van der Waals surface area contributed by atoms with Crippen molar-refractivity contribution in [1.29, 1.82) is 0 Å². The van der Waals surface area contributed by atoms with Crippen molar-refractivity contribution in [3.8, 4) is 11.6 Å². The Balaban J connectivity index is 2.21. The zero-order valence-corrected chi connectivity index (χ0v) is 10.7. The van der Waals surface area contributed by atoms with Gasteiger partial charge in [0.2, 0.25) is 12.1 Å². The van der Waals surface area contributed by atoms with Gasteiger partial charge in [-0.25, -0.2) is 0 Å². The second-order valence-corrected chi connectivity index (χ2v) is 3.63. The van der Waals surface area contributed by atoms with Crippen molar-refractivity contribution in [3.63, 3.8) is 0 Å². The smallest absolute Gasteiger partial charge is 0.284 e. The molecule has 0 aliphatic heterocycles. The van der Waals surface area contributed by atoms with Gasteiger partial charge < -0.3 is 18.4 Å². The van der Waals surface area contributed by atoms with Crippen molar-refractivity contribution in [3.05, 3.63) is 23.8 Å². The number of hydrogen-bond donors (Lipinski definition) is 0. The fourth-order valence-corrected chi connectivity index (χ4v) is 1.52. The van der Waals surface area contributed by atoms with Crippen LogP contribution < -0.4 is 0 Å². The molecule has 0 fully saturated rings. The first-order chi connectivity index (χ1) is 8.76. The van der Waals surface area contributed by atoms with Crippen LogP contribution in [0.5, 0.6) is 0 Å². The number of aryl methyl sites for hydroxylation is 1. The van der Waals surface area contributed by atoms with Gasteiger partial charge in [-0.3, -0.25) is 0 Å². The van der Waals surface area contributed by atoms with Gasteiger partial charge in [-0.1, -0.05) is 5.16 Å². The molecule has 0 spiro atoms. The molecule has 2 aromatic rings. The van der Waals surface area contributed by atoms with Crippen molar-refractivity contribution in [2.45, 2.75) is 27.1 Å². The van der Waals surface area contributed by atoms with E-state index in [1.807, 2.05) is 26.8 Å². The topological polar surface area (TPSA) is 70.5 Å². The first-order valence-corrected chi connectivity index (χ1v) is 5.87. The Morgan fingerprint density at radius 2 is 2.00 bits per heavy atom. The van der Waals surface area contributed by atoms with Crippen LogP contribution in [-0.2, 0) is 9.47 Å². The molecule has 2 heterocycles. The first kappa shape index (κ1) is 12.8. The molecule has 0 aliphatic carbocycles. The Hall–Kier alpha value is -1.66. The standard InChI is InChI=1S/C12H16N2O4/c1-4-15-12(16-5-2)11-13-10(14-18-11)9-8(3)6-7-17-9/h6-7,12H,4-5H2,1-3H3. The minimum atomic E-state index is -0.628. The molecule has 18 heavy (non-hydrogen) atoms. The average molecular weight is 252 g/mol. The summed E-state index contributed by atoms with van der Waals surface area (Å²) in [6.07, 6.45) is 0.958. The first-order valence-electron chi connectivity index (χ1n) is 5.87. The van der Waals surface area contributed by atoms with E-state index in [1.54, 1.807) is 6.26 Å². The second-order valence-electron chi connectivity index (χ2n) is 3.63. The van der Waals surface area contributed by atoms with Gasteiger partial charge in [-0.15, -0.1) is 0 Å². The molecule has 0 radical (unpaired) electrons. The van der Waals surface area contributed by atoms with E-state index < -0.39 is 6.29 Å². The molecule has 2 aromatic heterocycles. The second kappa shape index (κ2) is 5.79. The molecule has 6 nitrogen and oxygen atoms in total. The molecule has 0 aromatic carbocycles. The van der Waals surface area contributed by atoms with Gasteiger partial charge in [0.15, 0.2) is 5.76 Å². The highest BCUT2D eigenvalue weighted by atomic mass is 16.7. The van der Waals surface area contributed by atoms with E-state index in [4.69, 9.17) is 18.4 Å². The van der Waals surface area contributed by atoms with Crippen molar-refractivity contribution in [2.24, 2.45) is 0 Å². The van der Waals surface area contributed by atoms with Gasteiger partial charge in [0.25, 0.3) is 5.89 Å². The minimum absolute atomic E-state index is 0.296. The van der Waals surface area contributed by atoms with Gasteiger partial charge in [-0.2, -0.15) is 4.98 Å². The largest absolute Gasteiger partial charge is 0.461 e. The molecule has 0 atom stereocenters. The molecule has 0 unspecified atom stereocenters. The van der Waals surface area contributed by atoms with Gasteiger partial charge >= 0.3 is 0 Å². The van der Waals surface area contributed by atoms with Crippen LogP contribution in [-0.4, -0.2) is 23.4 Å². The number of rotatable bonds is 6. The van der Waals surface area contributed by atoms with Crippen molar-refractivity contribution < 1.29 is 18.4 Å². The van der Waals surface area contributed by atoms with Crippen LogP contribution in [0.4, 0.5) is 0 Å². The molecule has 0 aliphatic rings. The summed E-state index contributed by atoms with van der Waals surface area (Å²) in [4.78, 5) is 4.23. The lowest BCUT2D eigenvalue weighted by atomic mass is 10.3. The maximum atomic E-state index is 5.38. The van der Waals surface area contributed by atoms with Crippen LogP contribution in [0.1, 0.15) is 31.6 Å². The quantitative estimate of drug-likeness (QED) is 0.736. The van der Waals surface area contributed by atoms with Crippen molar-refractivity contribution in [2.75, 3.05) is 13.2 Å². The predicted octanol–water partition coefficient (Wildman–Crippen LogP) is 2.71. The number of nitrogens with zero attached hydrogens (tertiary/aromatic N) is 2. The lowest BCUT2D eigenvalue weighted by Gasteiger charge is -2.11. The van der Waals surface area contributed by atoms with Crippen LogP contribution in [0.2, 0.25) is 0 Å². The monoisotopic (exact) mass is 252 g/mol. The van der Waals surface area contributed by atoms with Gasteiger partial charge in [0.1, 0.15) is 0 Å². The lowest BCUT2D eigenvalue weighted by Crippen LogP contribution is -2.09. The Kier molecular flexibility index (Phi) is 4.11. The van der Waals surface area contributed by atoms with E-state index in [0.717, 1.165) is 5.56 Å². The van der Waals surface area contributed by atoms with E-state index >= 15 is 0 Å². The van der Waals surface area contributed by atoms with Crippen LogP contribution in [0.15, 0.2) is 21.3 Å². The Labute approximate surface area is 105 Å².